The fraction of sp³-hybridized carbons (Fsp3) is 0.529. The first-order chi connectivity index (χ1) is 10.8. The van der Waals surface area contributed by atoms with Crippen LogP contribution >= 0.6 is 11.6 Å². The van der Waals surface area contributed by atoms with Crippen LogP contribution in [0.3, 0.4) is 0 Å². The SMILES string of the molecule is Cc1cc(OCC(=O)NCCNC(=O)CC(C)C)cc(C)c1Cl. The highest BCUT2D eigenvalue weighted by molar-refractivity contribution is 6.32. The predicted octanol–water partition coefficient (Wildman–Crippen LogP) is 2.61. The molecule has 23 heavy (non-hydrogen) atoms. The van der Waals surface area contributed by atoms with Crippen molar-refractivity contribution in [3.8, 4) is 5.75 Å². The Hall–Kier alpha value is -1.75. The normalized spacial score (nSPS) is 10.5. The minimum absolute atomic E-state index is 0.00221. The first-order valence-corrected chi connectivity index (χ1v) is 8.10. The quantitative estimate of drug-likeness (QED) is 0.715. The summed E-state index contributed by atoms with van der Waals surface area (Å²) in [5, 5.41) is 6.16. The van der Waals surface area contributed by atoms with Crippen LogP contribution in [-0.2, 0) is 9.59 Å². The standard InChI is InChI=1S/C17H25ClN2O3/c1-11(2)7-15(21)19-5-6-20-16(22)10-23-14-8-12(3)17(18)13(4)9-14/h8-9,11H,5-7,10H2,1-4H3,(H,19,21)(H,20,22). The number of aryl methyl sites for hydroxylation is 2. The molecule has 0 aliphatic rings. The summed E-state index contributed by atoms with van der Waals surface area (Å²) in [6, 6.07) is 3.60. The molecule has 1 rings (SSSR count). The minimum Gasteiger partial charge on any atom is -0.484 e. The number of nitrogens with one attached hydrogen (secondary N) is 2. The van der Waals surface area contributed by atoms with Gasteiger partial charge < -0.3 is 15.4 Å². The van der Waals surface area contributed by atoms with Crippen molar-refractivity contribution in [2.24, 2.45) is 5.92 Å². The number of carbonyl (C=O) groups excluding carboxylic acids is 2. The van der Waals surface area contributed by atoms with Crippen LogP contribution in [0.25, 0.3) is 0 Å². The molecule has 0 heterocycles. The monoisotopic (exact) mass is 340 g/mol. The Balaban J connectivity index is 2.26. The van der Waals surface area contributed by atoms with Crippen LogP contribution < -0.4 is 15.4 Å². The Morgan fingerprint density at radius 1 is 1.09 bits per heavy atom. The maximum absolute atomic E-state index is 11.7. The number of ether oxygens (including phenoxy) is 1. The molecular weight excluding hydrogens is 316 g/mol. The lowest BCUT2D eigenvalue weighted by atomic mass is 10.1. The van der Waals surface area contributed by atoms with Gasteiger partial charge in [-0.15, -0.1) is 0 Å². The fourth-order valence-corrected chi connectivity index (χ4v) is 2.15. The maximum atomic E-state index is 11.7. The molecule has 1 aromatic carbocycles. The van der Waals surface area contributed by atoms with E-state index in [1.165, 1.54) is 0 Å². The van der Waals surface area contributed by atoms with Gasteiger partial charge in [-0.3, -0.25) is 9.59 Å². The summed E-state index contributed by atoms with van der Waals surface area (Å²) in [7, 11) is 0. The molecule has 5 nitrogen and oxygen atoms in total. The van der Waals surface area contributed by atoms with Gasteiger partial charge in [0.25, 0.3) is 5.91 Å². The Kier molecular flexibility index (Phi) is 7.89. The molecule has 0 atom stereocenters. The average Bonchev–Trinajstić information content (AvgIpc) is 2.46. The first-order valence-electron chi connectivity index (χ1n) is 7.72. The van der Waals surface area contributed by atoms with Gasteiger partial charge in [-0.1, -0.05) is 25.4 Å². The van der Waals surface area contributed by atoms with Gasteiger partial charge in [0.15, 0.2) is 6.61 Å². The highest BCUT2D eigenvalue weighted by Crippen LogP contribution is 2.25. The Bertz CT molecular complexity index is 536. The molecular formula is C17H25ClN2O3. The van der Waals surface area contributed by atoms with Crippen molar-refractivity contribution in [1.29, 1.82) is 0 Å². The molecule has 1 aromatic rings. The van der Waals surface area contributed by atoms with Crippen LogP contribution in [0.15, 0.2) is 12.1 Å². The van der Waals surface area contributed by atoms with E-state index < -0.39 is 0 Å². The molecule has 0 aliphatic heterocycles. The Labute approximate surface area is 142 Å². The molecule has 0 fully saturated rings. The Morgan fingerprint density at radius 3 is 2.13 bits per heavy atom. The van der Waals surface area contributed by atoms with Gasteiger partial charge >= 0.3 is 0 Å². The lowest BCUT2D eigenvalue weighted by Gasteiger charge is -2.11. The van der Waals surface area contributed by atoms with Gasteiger partial charge in [-0.2, -0.15) is 0 Å². The molecule has 0 aromatic heterocycles. The molecule has 0 unspecified atom stereocenters. The summed E-state index contributed by atoms with van der Waals surface area (Å²) in [5.41, 5.74) is 1.82. The van der Waals surface area contributed by atoms with Gasteiger partial charge in [-0.25, -0.2) is 0 Å². The van der Waals surface area contributed by atoms with Crippen LogP contribution in [0.4, 0.5) is 0 Å². The number of rotatable bonds is 8. The summed E-state index contributed by atoms with van der Waals surface area (Å²) in [6.07, 6.45) is 0.492. The largest absolute Gasteiger partial charge is 0.484 e. The number of hydrogen-bond acceptors (Lipinski definition) is 3. The maximum Gasteiger partial charge on any atom is 0.258 e. The van der Waals surface area contributed by atoms with Crippen LogP contribution in [-0.4, -0.2) is 31.5 Å². The fourth-order valence-electron chi connectivity index (χ4n) is 2.04. The smallest absolute Gasteiger partial charge is 0.258 e. The van der Waals surface area contributed by atoms with Gasteiger partial charge in [0.1, 0.15) is 5.75 Å². The molecule has 2 amide bonds. The van der Waals surface area contributed by atoms with Gasteiger partial charge in [0, 0.05) is 24.5 Å². The average molecular weight is 341 g/mol. The van der Waals surface area contributed by atoms with Gasteiger partial charge in [-0.05, 0) is 43.0 Å². The van der Waals surface area contributed by atoms with E-state index in [0.717, 1.165) is 11.1 Å². The zero-order valence-electron chi connectivity index (χ0n) is 14.2. The van der Waals surface area contributed by atoms with Crippen molar-refractivity contribution in [2.45, 2.75) is 34.1 Å². The predicted molar refractivity (Wildman–Crippen MR) is 91.9 cm³/mol. The van der Waals surface area contributed by atoms with Crippen molar-refractivity contribution in [3.05, 3.63) is 28.3 Å². The van der Waals surface area contributed by atoms with Crippen LogP contribution in [0.1, 0.15) is 31.4 Å². The van der Waals surface area contributed by atoms with E-state index in [-0.39, 0.29) is 18.4 Å². The highest BCUT2D eigenvalue weighted by atomic mass is 35.5. The molecule has 0 saturated heterocycles. The van der Waals surface area contributed by atoms with Crippen molar-refractivity contribution in [1.82, 2.24) is 10.6 Å². The van der Waals surface area contributed by atoms with Crippen LogP contribution in [0, 0.1) is 19.8 Å². The molecule has 2 N–H and O–H groups in total. The highest BCUT2D eigenvalue weighted by Gasteiger charge is 2.07. The third-order valence-corrected chi connectivity index (χ3v) is 3.74. The van der Waals surface area contributed by atoms with Gasteiger partial charge in [0.2, 0.25) is 5.91 Å². The number of amides is 2. The molecule has 0 bridgehead atoms. The number of halogens is 1. The summed E-state index contributed by atoms with van der Waals surface area (Å²) in [4.78, 5) is 23.1. The number of carbonyl (C=O) groups is 2. The van der Waals surface area contributed by atoms with E-state index in [2.05, 4.69) is 10.6 Å². The summed E-state index contributed by atoms with van der Waals surface area (Å²) in [6.45, 7) is 8.48. The van der Waals surface area contributed by atoms with Crippen molar-refractivity contribution in [2.75, 3.05) is 19.7 Å². The lowest BCUT2D eigenvalue weighted by molar-refractivity contribution is -0.124. The summed E-state index contributed by atoms with van der Waals surface area (Å²) >= 11 is 6.08. The lowest BCUT2D eigenvalue weighted by Crippen LogP contribution is -2.37. The topological polar surface area (TPSA) is 67.4 Å². The second-order valence-electron chi connectivity index (χ2n) is 5.96. The Morgan fingerprint density at radius 2 is 1.61 bits per heavy atom. The molecule has 0 spiro atoms. The van der Waals surface area contributed by atoms with Crippen LogP contribution in [0.2, 0.25) is 5.02 Å². The molecule has 0 aliphatic carbocycles. The van der Waals surface area contributed by atoms with E-state index in [4.69, 9.17) is 16.3 Å². The van der Waals surface area contributed by atoms with Crippen LogP contribution in [0.5, 0.6) is 5.75 Å². The van der Waals surface area contributed by atoms with Crippen molar-refractivity contribution >= 4 is 23.4 Å². The first kappa shape index (κ1) is 19.3. The van der Waals surface area contributed by atoms with E-state index >= 15 is 0 Å². The van der Waals surface area contributed by atoms with E-state index in [0.29, 0.717) is 36.2 Å². The zero-order chi connectivity index (χ0) is 17.4. The van der Waals surface area contributed by atoms with E-state index in [9.17, 15) is 9.59 Å². The zero-order valence-corrected chi connectivity index (χ0v) is 14.9. The number of benzene rings is 1. The second-order valence-corrected chi connectivity index (χ2v) is 6.34. The summed E-state index contributed by atoms with van der Waals surface area (Å²) < 4.78 is 5.46. The van der Waals surface area contributed by atoms with Crippen molar-refractivity contribution < 1.29 is 14.3 Å². The van der Waals surface area contributed by atoms with E-state index in [1.54, 1.807) is 12.1 Å². The number of hydrogen-bond donors (Lipinski definition) is 2. The molecule has 128 valence electrons. The molecule has 0 radical (unpaired) electrons. The molecule has 0 saturated carbocycles. The third-order valence-electron chi connectivity index (χ3n) is 3.14. The van der Waals surface area contributed by atoms with Gasteiger partial charge in [0.05, 0.1) is 0 Å². The second kappa shape index (κ2) is 9.40. The van der Waals surface area contributed by atoms with Crippen molar-refractivity contribution in [3.63, 3.8) is 0 Å². The summed E-state index contributed by atoms with van der Waals surface area (Å²) in [5.74, 6) is 0.708. The molecule has 6 heteroatoms. The van der Waals surface area contributed by atoms with E-state index in [1.807, 2.05) is 27.7 Å². The third kappa shape index (κ3) is 7.37. The minimum atomic E-state index is -0.228.